The summed E-state index contributed by atoms with van der Waals surface area (Å²) in [6.07, 6.45) is 0.621. The fourth-order valence-electron chi connectivity index (χ4n) is 1.25. The lowest BCUT2D eigenvalue weighted by Gasteiger charge is -2.27. The van der Waals surface area contributed by atoms with Crippen LogP contribution in [0.1, 0.15) is 27.2 Å². The predicted molar refractivity (Wildman–Crippen MR) is 55.2 cm³/mol. The molecule has 0 aliphatic heterocycles. The molecule has 0 bridgehead atoms. The third-order valence-electron chi connectivity index (χ3n) is 2.10. The quantitative estimate of drug-likeness (QED) is 0.626. The van der Waals surface area contributed by atoms with Crippen LogP contribution < -0.4 is 5.32 Å². The standard InChI is InChI=1S/C10H21NO3/c1-5-11-10(3,7-8-13-4)9(12)14-6-2/h11H,5-8H2,1-4H3. The third kappa shape index (κ3) is 4.07. The van der Waals surface area contributed by atoms with Gasteiger partial charge in [0.05, 0.1) is 6.61 Å². The number of carbonyl (C=O) groups excluding carboxylic acids is 1. The van der Waals surface area contributed by atoms with Crippen LogP contribution in [0.15, 0.2) is 0 Å². The summed E-state index contributed by atoms with van der Waals surface area (Å²) in [5.74, 6) is -0.209. The second-order valence-corrected chi connectivity index (χ2v) is 3.33. The number of carbonyl (C=O) groups is 1. The highest BCUT2D eigenvalue weighted by molar-refractivity contribution is 5.80. The van der Waals surface area contributed by atoms with Crippen molar-refractivity contribution in [1.82, 2.24) is 5.32 Å². The molecule has 4 heteroatoms. The van der Waals surface area contributed by atoms with Crippen molar-refractivity contribution >= 4 is 5.97 Å². The lowest BCUT2D eigenvalue weighted by Crippen LogP contribution is -2.51. The molecular formula is C10H21NO3. The van der Waals surface area contributed by atoms with E-state index < -0.39 is 5.54 Å². The number of esters is 1. The van der Waals surface area contributed by atoms with E-state index in [4.69, 9.17) is 9.47 Å². The molecule has 0 radical (unpaired) electrons. The van der Waals surface area contributed by atoms with Crippen LogP contribution in [0, 0.1) is 0 Å². The molecule has 0 saturated heterocycles. The summed E-state index contributed by atoms with van der Waals surface area (Å²) in [4.78, 5) is 11.6. The molecule has 0 saturated carbocycles. The van der Waals surface area contributed by atoms with Gasteiger partial charge in [0.1, 0.15) is 5.54 Å². The van der Waals surface area contributed by atoms with Gasteiger partial charge in [-0.1, -0.05) is 6.92 Å². The first-order chi connectivity index (χ1) is 6.60. The minimum absolute atomic E-state index is 0.209. The summed E-state index contributed by atoms with van der Waals surface area (Å²) in [5.41, 5.74) is -0.624. The van der Waals surface area contributed by atoms with E-state index in [1.807, 2.05) is 13.8 Å². The average molecular weight is 203 g/mol. The van der Waals surface area contributed by atoms with Gasteiger partial charge in [-0.05, 0) is 26.8 Å². The van der Waals surface area contributed by atoms with Crippen LogP contribution in [-0.2, 0) is 14.3 Å². The highest BCUT2D eigenvalue weighted by Crippen LogP contribution is 2.12. The largest absolute Gasteiger partial charge is 0.465 e. The number of ether oxygens (including phenoxy) is 2. The van der Waals surface area contributed by atoms with Crippen LogP contribution in [0.5, 0.6) is 0 Å². The number of nitrogens with one attached hydrogen (secondary N) is 1. The molecule has 0 aromatic rings. The van der Waals surface area contributed by atoms with E-state index in [-0.39, 0.29) is 5.97 Å². The highest BCUT2D eigenvalue weighted by atomic mass is 16.5. The Hall–Kier alpha value is -0.610. The molecule has 1 unspecified atom stereocenters. The summed E-state index contributed by atoms with van der Waals surface area (Å²) in [6, 6.07) is 0. The zero-order valence-corrected chi connectivity index (χ0v) is 9.55. The van der Waals surface area contributed by atoms with E-state index >= 15 is 0 Å². The van der Waals surface area contributed by atoms with Gasteiger partial charge in [0.15, 0.2) is 0 Å². The normalized spacial score (nSPS) is 14.9. The maximum atomic E-state index is 11.6. The van der Waals surface area contributed by atoms with Gasteiger partial charge in [0.2, 0.25) is 0 Å². The zero-order chi connectivity index (χ0) is 11.0. The van der Waals surface area contributed by atoms with E-state index in [2.05, 4.69) is 5.32 Å². The molecule has 0 amide bonds. The molecule has 0 aromatic heterocycles. The maximum absolute atomic E-state index is 11.6. The third-order valence-corrected chi connectivity index (χ3v) is 2.10. The summed E-state index contributed by atoms with van der Waals surface area (Å²) in [5, 5.41) is 3.12. The van der Waals surface area contributed by atoms with Crippen molar-refractivity contribution in [2.75, 3.05) is 26.9 Å². The molecule has 0 aliphatic carbocycles. The SMILES string of the molecule is CCNC(C)(CCOC)C(=O)OCC. The molecule has 0 aromatic carbocycles. The first-order valence-corrected chi connectivity index (χ1v) is 5.02. The molecule has 1 atom stereocenters. The number of hydrogen-bond donors (Lipinski definition) is 1. The smallest absolute Gasteiger partial charge is 0.326 e. The highest BCUT2D eigenvalue weighted by Gasteiger charge is 2.33. The minimum Gasteiger partial charge on any atom is -0.465 e. The van der Waals surface area contributed by atoms with Crippen molar-refractivity contribution in [2.24, 2.45) is 0 Å². The predicted octanol–water partition coefficient (Wildman–Crippen LogP) is 0.954. The van der Waals surface area contributed by atoms with E-state index in [0.717, 1.165) is 6.54 Å². The molecule has 0 spiro atoms. The van der Waals surface area contributed by atoms with Crippen LogP contribution >= 0.6 is 0 Å². The van der Waals surface area contributed by atoms with Gasteiger partial charge < -0.3 is 14.8 Å². The Bertz CT molecular complexity index is 173. The molecule has 0 rings (SSSR count). The summed E-state index contributed by atoms with van der Waals surface area (Å²) < 4.78 is 9.96. The zero-order valence-electron chi connectivity index (χ0n) is 9.55. The van der Waals surface area contributed by atoms with E-state index in [1.165, 1.54) is 0 Å². The van der Waals surface area contributed by atoms with Gasteiger partial charge >= 0.3 is 5.97 Å². The number of hydrogen-bond acceptors (Lipinski definition) is 4. The Labute approximate surface area is 86.0 Å². The van der Waals surface area contributed by atoms with E-state index in [9.17, 15) is 4.79 Å². The average Bonchev–Trinajstić information content (AvgIpc) is 2.15. The van der Waals surface area contributed by atoms with Gasteiger partial charge in [-0.25, -0.2) is 0 Å². The van der Waals surface area contributed by atoms with Crippen molar-refractivity contribution < 1.29 is 14.3 Å². The Balaban J connectivity index is 4.28. The van der Waals surface area contributed by atoms with E-state index in [1.54, 1.807) is 14.0 Å². The van der Waals surface area contributed by atoms with Crippen LogP contribution in [-0.4, -0.2) is 38.4 Å². The first kappa shape index (κ1) is 13.4. The summed E-state index contributed by atoms with van der Waals surface area (Å²) >= 11 is 0. The van der Waals surface area contributed by atoms with Crippen LogP contribution in [0.25, 0.3) is 0 Å². The van der Waals surface area contributed by atoms with Gasteiger partial charge in [-0.15, -0.1) is 0 Å². The molecule has 0 fully saturated rings. The maximum Gasteiger partial charge on any atom is 0.326 e. The molecule has 84 valence electrons. The Morgan fingerprint density at radius 1 is 1.43 bits per heavy atom. The monoisotopic (exact) mass is 203 g/mol. The molecule has 14 heavy (non-hydrogen) atoms. The van der Waals surface area contributed by atoms with Crippen molar-refractivity contribution in [1.29, 1.82) is 0 Å². The minimum atomic E-state index is -0.624. The lowest BCUT2D eigenvalue weighted by atomic mass is 9.98. The van der Waals surface area contributed by atoms with Gasteiger partial charge in [0, 0.05) is 13.7 Å². The Morgan fingerprint density at radius 2 is 2.07 bits per heavy atom. The molecule has 0 aliphatic rings. The first-order valence-electron chi connectivity index (χ1n) is 5.02. The second-order valence-electron chi connectivity index (χ2n) is 3.33. The fourth-order valence-corrected chi connectivity index (χ4v) is 1.25. The Morgan fingerprint density at radius 3 is 2.50 bits per heavy atom. The molecule has 0 heterocycles. The molecule has 1 N–H and O–H groups in total. The van der Waals surface area contributed by atoms with Crippen LogP contribution in [0.2, 0.25) is 0 Å². The molecular weight excluding hydrogens is 182 g/mol. The van der Waals surface area contributed by atoms with Crippen molar-refractivity contribution in [2.45, 2.75) is 32.7 Å². The van der Waals surface area contributed by atoms with Crippen molar-refractivity contribution in [3.63, 3.8) is 0 Å². The second kappa shape index (κ2) is 6.79. The van der Waals surface area contributed by atoms with Gasteiger partial charge in [0.25, 0.3) is 0 Å². The van der Waals surface area contributed by atoms with Crippen LogP contribution in [0.3, 0.4) is 0 Å². The molecule has 4 nitrogen and oxygen atoms in total. The topological polar surface area (TPSA) is 47.6 Å². The van der Waals surface area contributed by atoms with Gasteiger partial charge in [-0.2, -0.15) is 0 Å². The summed E-state index contributed by atoms with van der Waals surface area (Å²) in [7, 11) is 1.62. The van der Waals surface area contributed by atoms with E-state index in [0.29, 0.717) is 19.6 Å². The van der Waals surface area contributed by atoms with Crippen LogP contribution in [0.4, 0.5) is 0 Å². The Kier molecular flexibility index (Phi) is 6.49. The number of methoxy groups -OCH3 is 1. The lowest BCUT2D eigenvalue weighted by molar-refractivity contribution is -0.151. The number of likely N-dealkylation sites (N-methyl/N-ethyl adjacent to an activating group) is 1. The number of rotatable bonds is 7. The fraction of sp³-hybridized carbons (Fsp3) is 0.900. The van der Waals surface area contributed by atoms with Crippen molar-refractivity contribution in [3.8, 4) is 0 Å². The summed E-state index contributed by atoms with van der Waals surface area (Å²) in [6.45, 7) is 7.30. The van der Waals surface area contributed by atoms with Gasteiger partial charge in [-0.3, -0.25) is 4.79 Å². The van der Waals surface area contributed by atoms with Crippen molar-refractivity contribution in [3.05, 3.63) is 0 Å².